The Balaban J connectivity index is 0.000000103. The van der Waals surface area contributed by atoms with E-state index in [-0.39, 0.29) is 0 Å². The number of aromatic nitrogens is 8. The first-order valence-electron chi connectivity index (χ1n) is 35.8. The van der Waals surface area contributed by atoms with Gasteiger partial charge in [-0.2, -0.15) is 0 Å². The van der Waals surface area contributed by atoms with Crippen LogP contribution in [0, 0.1) is 48.4 Å². The minimum atomic E-state index is -2.26. The molecule has 0 aliphatic rings. The van der Waals surface area contributed by atoms with Gasteiger partial charge in [-0.25, -0.2) is 0 Å². The first-order valence-corrected chi connectivity index (χ1v) is 34.3. The Bertz CT molecular complexity index is 6940. The van der Waals surface area contributed by atoms with Crippen LogP contribution in [0.3, 0.4) is 0 Å². The number of hydrogen-bond donors (Lipinski definition) is 0. The van der Waals surface area contributed by atoms with Crippen LogP contribution in [0.25, 0.3) is 170 Å². The van der Waals surface area contributed by atoms with Gasteiger partial charge in [0.1, 0.15) is 39.1 Å². The van der Waals surface area contributed by atoms with Crippen LogP contribution in [-0.2, 0) is 28.2 Å². The first kappa shape index (κ1) is 59.4. The normalized spacial score (nSPS) is 12.2. The lowest BCUT2D eigenvalue weighted by Gasteiger charge is -2.07. The summed E-state index contributed by atoms with van der Waals surface area (Å²) >= 11 is 0. The molecule has 0 fully saturated rings. The van der Waals surface area contributed by atoms with Gasteiger partial charge in [-0.1, -0.05) is 166 Å². The summed E-state index contributed by atoms with van der Waals surface area (Å²) < 4.78 is 59.7. The molecule has 8 aromatic heterocycles. The standard InChI is InChI=1S/3C23H19N2O.C21H17N2O/c1-14-13-18-22-17-8-5-4-7-16(17)10-11-20(22)26-23(18)21(15(14)2)19-9-6-12-24-25(19)3;1-14-13-15(2)21-22-17-8-5-4-7-16(17)10-11-19(22)26-23(21)20(14)18-9-6-12-24-25(18)3;1-14-12-19(25(3)24-13-14)21-15(2)8-10-18-22-17-7-5-4-6-16(17)9-11-20(22)26-23(18)21;1-14-8-10-17-19-16-7-4-3-6-15(16)9-11-18(19)24-21(17)20(14)23-13-5-12-22(23)2/h3*4-13H,1-3H3;3-13H,1-2H3/q4*+1/i;2D3;;. The van der Waals surface area contributed by atoms with E-state index in [1.54, 1.807) is 23.1 Å². The van der Waals surface area contributed by atoms with Gasteiger partial charge in [0.15, 0.2) is 45.7 Å². The smallest absolute Gasteiger partial charge is 0.243 e. The molecule has 0 unspecified atom stereocenters. The highest BCUT2D eigenvalue weighted by Crippen LogP contribution is 2.45. The molecular weight excluding hydrogens is 1260 g/mol. The molecule has 12 aromatic carbocycles. The lowest BCUT2D eigenvalue weighted by atomic mass is 9.95. The fourth-order valence-electron chi connectivity index (χ4n) is 15.2. The first-order chi connectivity index (χ1) is 50.9. The molecule has 0 atom stereocenters. The van der Waals surface area contributed by atoms with Crippen LogP contribution in [0.15, 0.2) is 267 Å². The van der Waals surface area contributed by atoms with Crippen LogP contribution in [0.4, 0.5) is 0 Å². The van der Waals surface area contributed by atoms with Gasteiger partial charge >= 0.3 is 0 Å². The molecule has 0 saturated heterocycles. The fourth-order valence-corrected chi connectivity index (χ4v) is 15.2. The third kappa shape index (κ3) is 10.4. The van der Waals surface area contributed by atoms with Crippen molar-refractivity contribution in [3.63, 3.8) is 0 Å². The molecule has 0 aliphatic carbocycles. The van der Waals surface area contributed by atoms with Crippen molar-refractivity contribution < 1.29 is 40.5 Å². The number of nitrogens with zero attached hydrogens (tertiary/aromatic N) is 8. The van der Waals surface area contributed by atoms with Crippen molar-refractivity contribution in [2.45, 2.75) is 48.4 Å². The molecule has 0 radical (unpaired) electrons. The molecule has 102 heavy (non-hydrogen) atoms. The van der Waals surface area contributed by atoms with E-state index in [2.05, 4.69) is 217 Å². The van der Waals surface area contributed by atoms with E-state index in [4.69, 9.17) is 21.8 Å². The van der Waals surface area contributed by atoms with E-state index in [0.717, 1.165) is 111 Å². The summed E-state index contributed by atoms with van der Waals surface area (Å²) in [6, 6.07) is 74.8. The average Bonchev–Trinajstić information content (AvgIpc) is 1.60. The van der Waals surface area contributed by atoms with Crippen molar-refractivity contribution in [2.24, 2.45) is 28.2 Å². The molecule has 12 nitrogen and oxygen atoms in total. The molecule has 8 heterocycles. The van der Waals surface area contributed by atoms with Crippen molar-refractivity contribution in [1.82, 2.24) is 20.0 Å². The fraction of sp³-hybridized carbons (Fsp3) is 0.122. The summed E-state index contributed by atoms with van der Waals surface area (Å²) in [5.74, 6) is 0. The zero-order valence-corrected chi connectivity index (χ0v) is 58.4. The van der Waals surface area contributed by atoms with Crippen LogP contribution in [-0.4, -0.2) is 20.0 Å². The van der Waals surface area contributed by atoms with Crippen LogP contribution in [0.1, 0.15) is 43.1 Å². The lowest BCUT2D eigenvalue weighted by Crippen LogP contribution is -2.37. The second-order valence-corrected chi connectivity index (χ2v) is 26.7. The maximum atomic E-state index is 8.17. The zero-order valence-electron chi connectivity index (χ0n) is 61.4. The molecule has 0 saturated carbocycles. The number of hydrogen-bond acceptors (Lipinski definition) is 7. The van der Waals surface area contributed by atoms with Crippen molar-refractivity contribution in [1.29, 1.82) is 0 Å². The number of furan rings is 4. The third-order valence-electron chi connectivity index (χ3n) is 20.3. The van der Waals surface area contributed by atoms with Gasteiger partial charge in [-0.05, 0) is 188 Å². The third-order valence-corrected chi connectivity index (χ3v) is 20.3. The van der Waals surface area contributed by atoms with Crippen LogP contribution in [0.2, 0.25) is 0 Å². The SMILES string of the molecule is Cc1cc2c(oc3ccc4ccccc4c32)c(-c2cccn[n+]2C)c1C.Cc1ccc2c(oc3ccc4ccccc4c32)c1-n1ccc[n+]1C.Cc1cn[n+](C)c(-c2c(C)ccc3c2oc2ccc4ccccc4c23)c1.[2H]C([2H])([2H])c1cc(C)c(-c2cccn[n+]2C)c2oc3ccc4ccccc4c3c12. The largest absolute Gasteiger partial charge is 0.455 e. The zero-order chi connectivity index (χ0) is 72.3. The molecule has 20 aromatic rings. The van der Waals surface area contributed by atoms with Gasteiger partial charge in [0.25, 0.3) is 0 Å². The van der Waals surface area contributed by atoms with Crippen LogP contribution < -0.4 is 18.7 Å². The van der Waals surface area contributed by atoms with Crippen LogP contribution >= 0.6 is 0 Å². The molecule has 20 rings (SSSR count). The van der Waals surface area contributed by atoms with Crippen molar-refractivity contribution in [3.8, 4) is 39.5 Å². The summed E-state index contributed by atoms with van der Waals surface area (Å²) in [6.07, 6.45) is 9.51. The number of benzene rings is 12. The van der Waals surface area contributed by atoms with Gasteiger partial charge in [0.05, 0.1) is 41.5 Å². The van der Waals surface area contributed by atoms with Crippen molar-refractivity contribution in [2.75, 3.05) is 0 Å². The Morgan fingerprint density at radius 3 is 1.34 bits per heavy atom. The highest BCUT2D eigenvalue weighted by Gasteiger charge is 2.28. The Kier molecular flexibility index (Phi) is 14.5. The van der Waals surface area contributed by atoms with Crippen molar-refractivity contribution >= 4 is 131 Å². The topological polar surface area (TPSA) is 112 Å². The molecule has 0 spiro atoms. The highest BCUT2D eigenvalue weighted by atomic mass is 16.3. The van der Waals surface area contributed by atoms with Gasteiger partial charge in [0.2, 0.25) is 17.1 Å². The molecule has 494 valence electrons. The molecule has 0 bridgehead atoms. The maximum Gasteiger partial charge on any atom is 0.243 e. The molecule has 0 amide bonds. The predicted molar refractivity (Wildman–Crippen MR) is 412 cm³/mol. The molecule has 0 N–H and O–H groups in total. The van der Waals surface area contributed by atoms with E-state index in [1.165, 1.54) is 76.1 Å². The summed E-state index contributed by atoms with van der Waals surface area (Å²) in [5.41, 5.74) is 21.2. The lowest BCUT2D eigenvalue weighted by molar-refractivity contribution is -0.744. The minimum absolute atomic E-state index is 0.315. The van der Waals surface area contributed by atoms with Crippen molar-refractivity contribution in [3.05, 3.63) is 288 Å². The average molecular weight is 1330 g/mol. The second kappa shape index (κ2) is 24.9. The van der Waals surface area contributed by atoms with E-state index in [1.807, 2.05) is 118 Å². The quantitative estimate of drug-likeness (QED) is 0.161. The number of fused-ring (bicyclic) bond motifs is 20. The Hall–Kier alpha value is -12.7. The van der Waals surface area contributed by atoms with Gasteiger partial charge in [-0.15, -0.1) is 9.36 Å². The molecule has 12 heteroatoms. The van der Waals surface area contributed by atoms with Gasteiger partial charge in [0, 0.05) is 71.5 Å². The van der Waals surface area contributed by atoms with Gasteiger partial charge in [-0.3, -0.25) is 0 Å². The molecule has 0 aliphatic heterocycles. The number of aryl methyl sites for hydroxylation is 10. The van der Waals surface area contributed by atoms with E-state index in [9.17, 15) is 0 Å². The minimum Gasteiger partial charge on any atom is -0.455 e. The Morgan fingerprint density at radius 2 is 0.804 bits per heavy atom. The molecular formula is C90H74N8O4+4. The summed E-state index contributed by atoms with van der Waals surface area (Å²) in [7, 11) is 7.86. The summed E-state index contributed by atoms with van der Waals surface area (Å²) in [6.45, 7) is 10.3. The van der Waals surface area contributed by atoms with E-state index >= 15 is 0 Å². The summed E-state index contributed by atoms with van der Waals surface area (Å²) in [4.78, 5) is 0. The van der Waals surface area contributed by atoms with Crippen LogP contribution in [0.5, 0.6) is 0 Å². The second-order valence-electron chi connectivity index (χ2n) is 26.7. The predicted octanol–water partition coefficient (Wildman–Crippen LogP) is 20.4. The van der Waals surface area contributed by atoms with E-state index < -0.39 is 6.85 Å². The summed E-state index contributed by atoms with van der Waals surface area (Å²) in [5, 5.41) is 31.2. The Labute approximate surface area is 592 Å². The highest BCUT2D eigenvalue weighted by molar-refractivity contribution is 6.24. The van der Waals surface area contributed by atoms with E-state index in [0.29, 0.717) is 22.1 Å². The van der Waals surface area contributed by atoms with Gasteiger partial charge < -0.3 is 17.7 Å². The Morgan fingerprint density at radius 1 is 0.343 bits per heavy atom. The monoisotopic (exact) mass is 1330 g/mol. The maximum absolute atomic E-state index is 8.17. The number of rotatable bonds is 4.